The third-order valence-electron chi connectivity index (χ3n) is 11.8. The summed E-state index contributed by atoms with van der Waals surface area (Å²) in [5.41, 5.74) is -4.84. The molecule has 14 heteroatoms. The number of rotatable bonds is 7. The van der Waals surface area contributed by atoms with E-state index >= 15 is 0 Å². The predicted octanol–water partition coefficient (Wildman–Crippen LogP) is 1.79. The topological polar surface area (TPSA) is 194 Å². The molecule has 0 aromatic rings. The fourth-order valence-electron chi connectivity index (χ4n) is 8.41. The molecule has 3 fully saturated rings. The van der Waals surface area contributed by atoms with Gasteiger partial charge in [-0.25, -0.2) is 0 Å². The Bertz CT molecular complexity index is 1170. The maximum atomic E-state index is 14.1. The molecule has 18 atom stereocenters. The molecule has 0 aromatic heterocycles. The Morgan fingerprint density at radius 1 is 0.882 bits per heavy atom. The fraction of sp³-hybridized carbons (Fsp3) is 0.946. The Morgan fingerprint density at radius 3 is 2.04 bits per heavy atom. The van der Waals surface area contributed by atoms with E-state index in [-0.39, 0.29) is 31.4 Å². The van der Waals surface area contributed by atoms with Crippen LogP contribution in [0.4, 0.5) is 0 Å². The van der Waals surface area contributed by atoms with Gasteiger partial charge in [0.1, 0.15) is 29.7 Å². The number of Topliss-reactive ketones (excluding diaryl/α,β-unsaturated/α-hetero) is 1. The molecule has 0 bridgehead atoms. The summed E-state index contributed by atoms with van der Waals surface area (Å²) >= 11 is 0. The summed E-state index contributed by atoms with van der Waals surface area (Å²) in [6, 6.07) is -0.324. The Morgan fingerprint density at radius 2 is 1.49 bits per heavy atom. The lowest BCUT2D eigenvalue weighted by Crippen LogP contribution is -2.61. The molecule has 0 aromatic carbocycles. The van der Waals surface area contributed by atoms with Crippen molar-refractivity contribution in [2.75, 3.05) is 21.2 Å². The van der Waals surface area contributed by atoms with Crippen molar-refractivity contribution in [1.29, 1.82) is 0 Å². The van der Waals surface area contributed by atoms with Crippen LogP contribution in [0.15, 0.2) is 0 Å². The van der Waals surface area contributed by atoms with Gasteiger partial charge in [-0.05, 0) is 74.9 Å². The number of ether oxygens (including phenoxy) is 6. The average Bonchev–Trinajstić information content (AvgIpc) is 3.05. The summed E-state index contributed by atoms with van der Waals surface area (Å²) in [6.45, 7) is 16.3. The lowest BCUT2D eigenvalue weighted by Gasteiger charge is -2.49. The minimum atomic E-state index is -1.99. The van der Waals surface area contributed by atoms with Gasteiger partial charge in [-0.15, -0.1) is 0 Å². The van der Waals surface area contributed by atoms with Crippen LogP contribution >= 0.6 is 0 Å². The van der Waals surface area contributed by atoms with Crippen molar-refractivity contribution in [1.82, 2.24) is 4.90 Å². The molecule has 298 valence electrons. The number of hydrogen-bond donors (Lipinski definition) is 5. The first-order valence-electron chi connectivity index (χ1n) is 18.5. The van der Waals surface area contributed by atoms with E-state index in [1.54, 1.807) is 41.5 Å². The molecular formula is C37H67NO13. The summed E-state index contributed by atoms with van der Waals surface area (Å²) in [7, 11) is 5.18. The molecule has 3 rings (SSSR count). The second kappa shape index (κ2) is 17.0. The number of aliphatic hydroxyl groups is 5. The molecule has 14 nitrogen and oxygen atoms in total. The largest absolute Gasteiger partial charge is 0.459 e. The highest BCUT2D eigenvalue weighted by molar-refractivity contribution is 5.83. The summed E-state index contributed by atoms with van der Waals surface area (Å²) in [5.74, 6) is -4.98. The van der Waals surface area contributed by atoms with E-state index in [0.29, 0.717) is 6.42 Å². The van der Waals surface area contributed by atoms with Crippen molar-refractivity contribution in [3.63, 3.8) is 0 Å². The van der Waals surface area contributed by atoms with Crippen LogP contribution in [0.3, 0.4) is 0 Å². The Hall–Kier alpha value is -1.30. The molecule has 0 spiro atoms. The van der Waals surface area contributed by atoms with Crippen LogP contribution in [0, 0.1) is 23.7 Å². The zero-order valence-electron chi connectivity index (χ0n) is 32.9. The predicted molar refractivity (Wildman–Crippen MR) is 186 cm³/mol. The van der Waals surface area contributed by atoms with Gasteiger partial charge < -0.3 is 58.9 Å². The molecule has 0 radical (unpaired) electrons. The minimum absolute atomic E-state index is 0.0936. The number of carbonyl (C=O) groups excluding carboxylic acids is 2. The smallest absolute Gasteiger partial charge is 0.311 e. The first-order valence-corrected chi connectivity index (χ1v) is 18.5. The van der Waals surface area contributed by atoms with Crippen molar-refractivity contribution >= 4 is 11.8 Å². The quantitative estimate of drug-likeness (QED) is 0.238. The summed E-state index contributed by atoms with van der Waals surface area (Å²) in [6.07, 6.45) is -9.71. The van der Waals surface area contributed by atoms with E-state index < -0.39 is 108 Å². The number of methoxy groups -OCH3 is 1. The first-order chi connectivity index (χ1) is 23.4. The number of cyclic esters (lactones) is 1. The lowest BCUT2D eigenvalue weighted by molar-refractivity contribution is -0.318. The van der Waals surface area contributed by atoms with Crippen LogP contribution in [-0.4, -0.2) is 148 Å². The number of carbonyl (C=O) groups is 2. The first kappa shape index (κ1) is 44.1. The van der Waals surface area contributed by atoms with Gasteiger partial charge in [0.05, 0.1) is 47.6 Å². The van der Waals surface area contributed by atoms with Crippen LogP contribution < -0.4 is 0 Å². The standard InChI is InChI=1S/C37H67NO13/c1-14-25-37(10,45)30(41)20(4)27(39)18(2)16-35(8,44)32(51-34-28(40)24(38(11)12)15-19(3)47-34)21(5)29(22(6)33(43)49-25)50-26-17-36(9,46-13)31(42)23(7)48-26/h18-26,28-32,34,40-42,44-45H,14-17H2,1-13H3/t18-,19-,20+,21+,22-,23+,24?,25-,26?,28-,29+,30-,31+,32-,34?,35?,36-,37-/m1/s1. The molecule has 0 saturated carbocycles. The van der Waals surface area contributed by atoms with Crippen LogP contribution in [0.2, 0.25) is 0 Å². The monoisotopic (exact) mass is 733 g/mol. The highest BCUT2D eigenvalue weighted by Crippen LogP contribution is 2.40. The van der Waals surface area contributed by atoms with Gasteiger partial charge in [0.2, 0.25) is 0 Å². The fourth-order valence-corrected chi connectivity index (χ4v) is 8.41. The SMILES string of the molecule is CC[C@H]1OC(=O)[C@H](C)[C@@H](OC2C[C@@](C)(OC)[C@@H](O)[C@H](C)O2)[C@H](C)[C@@H](OC2O[C@H](C)CC(N(C)C)[C@H]2O)C(C)(O)C[C@@H](C)C(=O)[C@H](C)[C@@H](O)[C@]1(C)O. The number of likely N-dealkylation sites (N-methyl/N-ethyl adjacent to an activating group) is 1. The van der Waals surface area contributed by atoms with Crippen molar-refractivity contribution in [3.8, 4) is 0 Å². The molecule has 3 aliphatic heterocycles. The number of aliphatic hydroxyl groups excluding tert-OH is 3. The van der Waals surface area contributed by atoms with Gasteiger partial charge >= 0.3 is 5.97 Å². The van der Waals surface area contributed by atoms with E-state index in [2.05, 4.69) is 0 Å². The summed E-state index contributed by atoms with van der Waals surface area (Å²) in [5, 5.41) is 57.6. The highest BCUT2D eigenvalue weighted by Gasteiger charge is 2.53. The number of esters is 1. The van der Waals surface area contributed by atoms with E-state index in [9.17, 15) is 35.1 Å². The number of nitrogens with zero attached hydrogens (tertiary/aromatic N) is 1. The van der Waals surface area contributed by atoms with Gasteiger partial charge in [-0.2, -0.15) is 0 Å². The summed E-state index contributed by atoms with van der Waals surface area (Å²) in [4.78, 5) is 29.8. The summed E-state index contributed by atoms with van der Waals surface area (Å²) < 4.78 is 37.1. The second-order valence-electron chi connectivity index (χ2n) is 16.5. The van der Waals surface area contributed by atoms with Crippen LogP contribution in [0.25, 0.3) is 0 Å². The van der Waals surface area contributed by atoms with Gasteiger partial charge in [0.25, 0.3) is 0 Å². The third-order valence-corrected chi connectivity index (χ3v) is 11.8. The molecule has 0 amide bonds. The van der Waals surface area contributed by atoms with Crippen LogP contribution in [0.1, 0.15) is 94.9 Å². The molecule has 4 unspecified atom stereocenters. The zero-order chi connectivity index (χ0) is 39.0. The maximum Gasteiger partial charge on any atom is 0.311 e. The van der Waals surface area contributed by atoms with Crippen molar-refractivity contribution < 1.29 is 63.5 Å². The third kappa shape index (κ3) is 9.51. The lowest BCUT2D eigenvalue weighted by atomic mass is 9.74. The Kier molecular flexibility index (Phi) is 14.7. The van der Waals surface area contributed by atoms with Crippen molar-refractivity contribution in [3.05, 3.63) is 0 Å². The van der Waals surface area contributed by atoms with Crippen molar-refractivity contribution in [2.24, 2.45) is 23.7 Å². The Balaban J connectivity index is 2.18. The molecular weight excluding hydrogens is 666 g/mol. The van der Waals surface area contributed by atoms with Crippen LogP contribution in [0.5, 0.6) is 0 Å². The van der Waals surface area contributed by atoms with Gasteiger partial charge in [-0.3, -0.25) is 9.59 Å². The zero-order valence-corrected chi connectivity index (χ0v) is 32.9. The van der Waals surface area contributed by atoms with E-state index in [0.717, 1.165) is 0 Å². The Labute approximate surface area is 304 Å². The normalized spacial score (nSPS) is 49.7. The molecule has 0 aliphatic carbocycles. The van der Waals surface area contributed by atoms with Gasteiger partial charge in [0.15, 0.2) is 12.6 Å². The number of hydrogen-bond acceptors (Lipinski definition) is 14. The molecule has 3 saturated heterocycles. The highest BCUT2D eigenvalue weighted by atomic mass is 16.7. The minimum Gasteiger partial charge on any atom is -0.459 e. The van der Waals surface area contributed by atoms with Gasteiger partial charge in [-0.1, -0.05) is 27.7 Å². The van der Waals surface area contributed by atoms with E-state index in [4.69, 9.17) is 28.4 Å². The number of ketones is 1. The van der Waals surface area contributed by atoms with Crippen molar-refractivity contribution in [2.45, 2.75) is 179 Å². The van der Waals surface area contributed by atoms with E-state index in [1.807, 2.05) is 25.9 Å². The molecule has 51 heavy (non-hydrogen) atoms. The molecule has 5 N–H and O–H groups in total. The molecule has 3 aliphatic rings. The maximum absolute atomic E-state index is 14.1. The van der Waals surface area contributed by atoms with E-state index in [1.165, 1.54) is 27.9 Å². The van der Waals surface area contributed by atoms with Gasteiger partial charge in [0, 0.05) is 37.3 Å². The molecule has 3 heterocycles. The second-order valence-corrected chi connectivity index (χ2v) is 16.5. The average molecular weight is 734 g/mol. The van der Waals surface area contributed by atoms with Crippen LogP contribution in [-0.2, 0) is 38.0 Å².